The SMILES string of the molecule is C[C](F)C(F)(F)F. The summed E-state index contributed by atoms with van der Waals surface area (Å²) in [6.45, 7) is 0.375. The Morgan fingerprint density at radius 3 is 1.43 bits per heavy atom. The fraction of sp³-hybridized carbons (Fsp3) is 0.667. The zero-order valence-corrected chi connectivity index (χ0v) is 3.51. The summed E-state index contributed by atoms with van der Waals surface area (Å²) in [5.41, 5.74) is 0. The average Bonchev–Trinajstić information content (AvgIpc) is 1.31. The number of alkyl halides is 3. The van der Waals surface area contributed by atoms with E-state index in [2.05, 4.69) is 0 Å². The Bertz CT molecular complexity index is 52.4. The van der Waals surface area contributed by atoms with Crippen LogP contribution in [0.4, 0.5) is 17.6 Å². The lowest BCUT2D eigenvalue weighted by Gasteiger charge is -2.02. The third-order valence-corrected chi connectivity index (χ3v) is 0.391. The van der Waals surface area contributed by atoms with Crippen LogP contribution in [0, 0.1) is 6.17 Å². The molecule has 0 atom stereocenters. The molecule has 0 aliphatic heterocycles. The number of halogens is 4. The van der Waals surface area contributed by atoms with Crippen LogP contribution in [0.5, 0.6) is 0 Å². The summed E-state index contributed by atoms with van der Waals surface area (Å²) < 4.78 is 43.3. The highest BCUT2D eigenvalue weighted by Gasteiger charge is 2.37. The van der Waals surface area contributed by atoms with Crippen LogP contribution in [0.25, 0.3) is 0 Å². The van der Waals surface area contributed by atoms with Crippen molar-refractivity contribution in [2.24, 2.45) is 0 Å². The van der Waals surface area contributed by atoms with Gasteiger partial charge < -0.3 is 0 Å². The average molecular weight is 115 g/mol. The van der Waals surface area contributed by atoms with Crippen LogP contribution in [0.2, 0.25) is 0 Å². The van der Waals surface area contributed by atoms with Crippen LogP contribution in [-0.2, 0) is 0 Å². The molecule has 4 heteroatoms. The van der Waals surface area contributed by atoms with Gasteiger partial charge in [-0.15, -0.1) is 0 Å². The van der Waals surface area contributed by atoms with E-state index < -0.39 is 12.3 Å². The highest BCUT2D eigenvalue weighted by atomic mass is 19.4. The molecule has 0 aromatic rings. The summed E-state index contributed by atoms with van der Waals surface area (Å²) in [5.74, 6) is 0. The van der Waals surface area contributed by atoms with Crippen LogP contribution >= 0.6 is 0 Å². The monoisotopic (exact) mass is 115 g/mol. The summed E-state index contributed by atoms with van der Waals surface area (Å²) >= 11 is 0. The smallest absolute Gasteiger partial charge is 0.230 e. The van der Waals surface area contributed by atoms with Crippen LogP contribution < -0.4 is 0 Å². The predicted octanol–water partition coefficient (Wildman–Crippen LogP) is 2.07. The van der Waals surface area contributed by atoms with E-state index in [-0.39, 0.29) is 0 Å². The van der Waals surface area contributed by atoms with Gasteiger partial charge in [0.25, 0.3) is 0 Å². The van der Waals surface area contributed by atoms with Crippen molar-refractivity contribution in [3.8, 4) is 0 Å². The third kappa shape index (κ3) is 2.42. The Morgan fingerprint density at radius 1 is 1.29 bits per heavy atom. The topological polar surface area (TPSA) is 0 Å². The molecule has 0 amide bonds. The van der Waals surface area contributed by atoms with Gasteiger partial charge in [-0.05, 0) is 6.92 Å². The second-order valence-corrected chi connectivity index (χ2v) is 1.03. The molecule has 0 spiro atoms. The van der Waals surface area contributed by atoms with E-state index in [9.17, 15) is 17.6 Å². The molecule has 0 heterocycles. The minimum absolute atomic E-state index is 0.375. The van der Waals surface area contributed by atoms with E-state index in [0.717, 1.165) is 0 Å². The van der Waals surface area contributed by atoms with Gasteiger partial charge >= 0.3 is 6.18 Å². The second-order valence-electron chi connectivity index (χ2n) is 1.03. The fourth-order valence-electron chi connectivity index (χ4n) is 0. The van der Waals surface area contributed by atoms with Gasteiger partial charge in [-0.25, -0.2) is 4.39 Å². The Kier molecular flexibility index (Phi) is 1.61. The van der Waals surface area contributed by atoms with Gasteiger partial charge in [0.2, 0.25) is 6.17 Å². The molecular weight excluding hydrogens is 112 g/mol. The summed E-state index contributed by atoms with van der Waals surface area (Å²) in [7, 11) is 0. The molecule has 0 aliphatic rings. The lowest BCUT2D eigenvalue weighted by atomic mass is 10.4. The molecule has 0 bridgehead atoms. The molecule has 0 saturated carbocycles. The second kappa shape index (κ2) is 1.68. The van der Waals surface area contributed by atoms with Gasteiger partial charge in [-0.1, -0.05) is 0 Å². The van der Waals surface area contributed by atoms with Crippen LogP contribution in [0.3, 0.4) is 0 Å². The standard InChI is InChI=1S/C3H3F4/c1-2(4)3(5,6)7/h1H3. The van der Waals surface area contributed by atoms with Crippen molar-refractivity contribution < 1.29 is 17.6 Å². The van der Waals surface area contributed by atoms with Crippen molar-refractivity contribution in [1.29, 1.82) is 0 Å². The minimum Gasteiger partial charge on any atom is -0.230 e. The summed E-state index contributed by atoms with van der Waals surface area (Å²) in [6, 6.07) is 0. The van der Waals surface area contributed by atoms with Crippen LogP contribution in [0.15, 0.2) is 0 Å². The number of hydrogen-bond donors (Lipinski definition) is 0. The predicted molar refractivity (Wildman–Crippen MR) is 16.1 cm³/mol. The van der Waals surface area contributed by atoms with E-state index in [4.69, 9.17) is 0 Å². The van der Waals surface area contributed by atoms with Crippen molar-refractivity contribution in [1.82, 2.24) is 0 Å². The molecule has 0 aliphatic carbocycles. The molecule has 1 radical (unpaired) electrons. The van der Waals surface area contributed by atoms with Crippen molar-refractivity contribution in [3.63, 3.8) is 0 Å². The number of rotatable bonds is 0. The first-order valence-electron chi connectivity index (χ1n) is 1.51. The van der Waals surface area contributed by atoms with Crippen molar-refractivity contribution in [3.05, 3.63) is 6.17 Å². The maximum atomic E-state index is 11.0. The summed E-state index contributed by atoms with van der Waals surface area (Å²) in [4.78, 5) is 0. The molecule has 7 heavy (non-hydrogen) atoms. The molecule has 0 rings (SSSR count). The molecular formula is C3H3F4. The molecule has 0 fully saturated rings. The van der Waals surface area contributed by atoms with Gasteiger partial charge in [0, 0.05) is 0 Å². The zero-order chi connectivity index (χ0) is 6.08. The van der Waals surface area contributed by atoms with Crippen molar-refractivity contribution >= 4 is 0 Å². The highest BCUT2D eigenvalue weighted by Crippen LogP contribution is 2.27. The Balaban J connectivity index is 3.54. The quantitative estimate of drug-likeness (QED) is 0.424. The van der Waals surface area contributed by atoms with E-state index in [1.807, 2.05) is 0 Å². The zero-order valence-electron chi connectivity index (χ0n) is 3.51. The van der Waals surface area contributed by atoms with Crippen molar-refractivity contribution in [2.45, 2.75) is 13.1 Å². The molecule has 43 valence electrons. The normalized spacial score (nSPS) is 12.9. The lowest BCUT2D eigenvalue weighted by Crippen LogP contribution is -2.12. The molecule has 0 aromatic carbocycles. The highest BCUT2D eigenvalue weighted by molar-refractivity contribution is 4.78. The van der Waals surface area contributed by atoms with E-state index in [1.165, 1.54) is 0 Å². The minimum atomic E-state index is -4.75. The molecule has 0 unspecified atom stereocenters. The van der Waals surface area contributed by atoms with E-state index in [1.54, 1.807) is 0 Å². The first-order chi connectivity index (χ1) is 2.94. The van der Waals surface area contributed by atoms with E-state index in [0.29, 0.717) is 6.92 Å². The first kappa shape index (κ1) is 6.72. The van der Waals surface area contributed by atoms with E-state index >= 15 is 0 Å². The maximum Gasteiger partial charge on any atom is 0.425 e. The van der Waals surface area contributed by atoms with Gasteiger partial charge in [-0.2, -0.15) is 13.2 Å². The molecule has 0 nitrogen and oxygen atoms in total. The lowest BCUT2D eigenvalue weighted by molar-refractivity contribution is -0.135. The number of hydrogen-bond acceptors (Lipinski definition) is 0. The fourth-order valence-corrected chi connectivity index (χ4v) is 0. The molecule has 0 aromatic heterocycles. The van der Waals surface area contributed by atoms with Gasteiger partial charge in [-0.3, -0.25) is 0 Å². The van der Waals surface area contributed by atoms with Crippen molar-refractivity contribution in [2.75, 3.05) is 0 Å². The van der Waals surface area contributed by atoms with Crippen LogP contribution in [0.1, 0.15) is 6.92 Å². The van der Waals surface area contributed by atoms with Gasteiger partial charge in [0.05, 0.1) is 0 Å². The Labute approximate surface area is 38.1 Å². The third-order valence-electron chi connectivity index (χ3n) is 0.391. The van der Waals surface area contributed by atoms with Crippen LogP contribution in [-0.4, -0.2) is 6.18 Å². The Hall–Kier alpha value is -0.280. The Morgan fingerprint density at radius 2 is 1.43 bits per heavy atom. The summed E-state index contributed by atoms with van der Waals surface area (Å²) in [6.07, 6.45) is -6.76. The largest absolute Gasteiger partial charge is 0.425 e. The molecule has 0 saturated heterocycles. The maximum absolute atomic E-state index is 11.0. The van der Waals surface area contributed by atoms with Gasteiger partial charge in [0.1, 0.15) is 0 Å². The first-order valence-corrected chi connectivity index (χ1v) is 1.51. The molecule has 0 N–H and O–H groups in total. The summed E-state index contributed by atoms with van der Waals surface area (Å²) in [5, 5.41) is 0. The van der Waals surface area contributed by atoms with Gasteiger partial charge in [0.15, 0.2) is 0 Å².